The molecule has 0 amide bonds. The summed E-state index contributed by atoms with van der Waals surface area (Å²) in [5, 5.41) is 11.8. The van der Waals surface area contributed by atoms with Crippen LogP contribution in [-0.4, -0.2) is 44.0 Å². The van der Waals surface area contributed by atoms with Gasteiger partial charge in [-0.1, -0.05) is 0 Å². The molecule has 21 heavy (non-hydrogen) atoms. The van der Waals surface area contributed by atoms with Gasteiger partial charge in [-0.3, -0.25) is 14.7 Å². The summed E-state index contributed by atoms with van der Waals surface area (Å²) in [5.41, 5.74) is 3.66. The van der Waals surface area contributed by atoms with E-state index in [1.54, 1.807) is 0 Å². The minimum Gasteiger partial charge on any atom is -0.299 e. The molecule has 1 unspecified atom stereocenters. The van der Waals surface area contributed by atoms with Gasteiger partial charge in [0.1, 0.15) is 0 Å². The minimum atomic E-state index is 0.533. The van der Waals surface area contributed by atoms with Gasteiger partial charge in [0.2, 0.25) is 0 Å². The van der Waals surface area contributed by atoms with Crippen LogP contribution in [0, 0.1) is 13.8 Å². The Morgan fingerprint density at radius 1 is 1.33 bits per heavy atom. The number of aromatic amines is 1. The average Bonchev–Trinajstić information content (AvgIpc) is 3.10. The fourth-order valence-corrected chi connectivity index (χ4v) is 3.37. The number of hydrogen-bond donors (Lipinski definition) is 1. The van der Waals surface area contributed by atoms with Crippen molar-refractivity contribution in [3.63, 3.8) is 0 Å². The number of aryl methyl sites for hydroxylation is 2. The third-order valence-electron chi connectivity index (χ3n) is 4.66. The number of nitrogens with one attached hydrogen (secondary N) is 1. The van der Waals surface area contributed by atoms with Gasteiger partial charge in [0.15, 0.2) is 0 Å². The Morgan fingerprint density at radius 2 is 2.10 bits per heavy atom. The van der Waals surface area contributed by atoms with Gasteiger partial charge in [-0.2, -0.15) is 10.2 Å². The summed E-state index contributed by atoms with van der Waals surface area (Å²) in [6, 6.07) is 4.79. The number of rotatable bonds is 4. The molecule has 114 valence electrons. The van der Waals surface area contributed by atoms with Crippen molar-refractivity contribution < 1.29 is 0 Å². The van der Waals surface area contributed by atoms with E-state index >= 15 is 0 Å². The molecule has 1 saturated heterocycles. The molecule has 2 aromatic rings. The van der Waals surface area contributed by atoms with Crippen molar-refractivity contribution in [2.45, 2.75) is 52.1 Å². The van der Waals surface area contributed by atoms with Gasteiger partial charge in [-0.25, -0.2) is 0 Å². The van der Waals surface area contributed by atoms with Crippen LogP contribution in [0.5, 0.6) is 0 Å². The summed E-state index contributed by atoms with van der Waals surface area (Å²) >= 11 is 0. The lowest BCUT2D eigenvalue weighted by atomic mass is 9.93. The van der Waals surface area contributed by atoms with Crippen molar-refractivity contribution in [2.24, 2.45) is 0 Å². The van der Waals surface area contributed by atoms with Crippen molar-refractivity contribution >= 4 is 0 Å². The van der Waals surface area contributed by atoms with E-state index < -0.39 is 0 Å². The first-order valence-corrected chi connectivity index (χ1v) is 7.88. The number of nitrogens with zero attached hydrogens (tertiary/aromatic N) is 4. The monoisotopic (exact) mass is 287 g/mol. The maximum atomic E-state index is 4.58. The van der Waals surface area contributed by atoms with Crippen LogP contribution < -0.4 is 0 Å². The van der Waals surface area contributed by atoms with Gasteiger partial charge in [0.25, 0.3) is 0 Å². The molecule has 0 saturated carbocycles. The molecule has 2 aromatic heterocycles. The smallest absolute Gasteiger partial charge is 0.0596 e. The number of H-pyrrole nitrogens is 1. The molecule has 1 atom stereocenters. The van der Waals surface area contributed by atoms with Crippen LogP contribution in [0.2, 0.25) is 0 Å². The lowest BCUT2D eigenvalue weighted by molar-refractivity contribution is 0.144. The van der Waals surface area contributed by atoms with Crippen LogP contribution >= 0.6 is 0 Å². The van der Waals surface area contributed by atoms with E-state index in [1.165, 1.54) is 24.2 Å². The maximum Gasteiger partial charge on any atom is 0.0596 e. The molecule has 1 aliphatic rings. The molecule has 5 nitrogen and oxygen atoms in total. The maximum absolute atomic E-state index is 4.58. The van der Waals surface area contributed by atoms with Crippen LogP contribution in [0.3, 0.4) is 0 Å². The second-order valence-corrected chi connectivity index (χ2v) is 6.28. The molecular formula is C16H25N5. The summed E-state index contributed by atoms with van der Waals surface area (Å²) in [6.45, 7) is 9.80. The number of likely N-dealkylation sites (tertiary alicyclic amines) is 1. The van der Waals surface area contributed by atoms with E-state index in [0.717, 1.165) is 25.3 Å². The molecule has 5 heteroatoms. The molecule has 3 rings (SSSR count). The van der Waals surface area contributed by atoms with Crippen LogP contribution in [-0.2, 0) is 6.54 Å². The Balaban J connectivity index is 1.55. The average molecular weight is 287 g/mol. The van der Waals surface area contributed by atoms with E-state index in [4.69, 9.17) is 0 Å². The first kappa shape index (κ1) is 14.3. The van der Waals surface area contributed by atoms with Crippen LogP contribution in [0.4, 0.5) is 0 Å². The molecule has 0 aliphatic carbocycles. The molecule has 1 fully saturated rings. The highest BCUT2D eigenvalue weighted by molar-refractivity contribution is 5.08. The van der Waals surface area contributed by atoms with Gasteiger partial charge < -0.3 is 0 Å². The lowest BCUT2D eigenvalue weighted by Crippen LogP contribution is -2.41. The molecule has 0 spiro atoms. The largest absolute Gasteiger partial charge is 0.299 e. The van der Waals surface area contributed by atoms with E-state index in [0.29, 0.717) is 12.0 Å². The third kappa shape index (κ3) is 3.18. The zero-order valence-corrected chi connectivity index (χ0v) is 13.2. The van der Waals surface area contributed by atoms with Crippen molar-refractivity contribution in [2.75, 3.05) is 13.1 Å². The molecule has 0 bridgehead atoms. The second kappa shape index (κ2) is 6.02. The van der Waals surface area contributed by atoms with Crippen LogP contribution in [0.15, 0.2) is 18.3 Å². The molecule has 0 radical (unpaired) electrons. The van der Waals surface area contributed by atoms with E-state index in [-0.39, 0.29) is 0 Å². The van der Waals surface area contributed by atoms with Crippen molar-refractivity contribution in [1.29, 1.82) is 0 Å². The first-order chi connectivity index (χ1) is 10.1. The van der Waals surface area contributed by atoms with Crippen molar-refractivity contribution in [3.05, 3.63) is 35.4 Å². The van der Waals surface area contributed by atoms with Gasteiger partial charge in [-0.15, -0.1) is 0 Å². The number of aromatic nitrogens is 4. The summed E-state index contributed by atoms with van der Waals surface area (Å²) in [5.74, 6) is 0.643. The molecular weight excluding hydrogens is 262 g/mol. The summed E-state index contributed by atoms with van der Waals surface area (Å²) in [7, 11) is 0. The molecule has 0 aromatic carbocycles. The van der Waals surface area contributed by atoms with Gasteiger partial charge in [0.05, 0.1) is 12.2 Å². The number of hydrogen-bond acceptors (Lipinski definition) is 3. The van der Waals surface area contributed by atoms with E-state index in [2.05, 4.69) is 57.8 Å². The Bertz CT molecular complexity index is 564. The van der Waals surface area contributed by atoms with Crippen LogP contribution in [0.25, 0.3) is 0 Å². The molecule has 1 aliphatic heterocycles. The summed E-state index contributed by atoms with van der Waals surface area (Å²) in [4.78, 5) is 2.59. The topological polar surface area (TPSA) is 49.7 Å². The highest BCUT2D eigenvalue weighted by Gasteiger charge is 2.24. The third-order valence-corrected chi connectivity index (χ3v) is 4.66. The predicted octanol–water partition coefficient (Wildman–Crippen LogP) is 2.49. The standard InChI is InChI=1S/C16H25N5/c1-12-10-13(2)21(19-12)11-14(3)20-8-5-15(6-9-20)16-4-7-17-18-16/h4,7,10,14-15H,5-6,8-9,11H2,1-3H3,(H,17,18). The Labute approximate surface area is 126 Å². The quantitative estimate of drug-likeness (QED) is 0.940. The summed E-state index contributed by atoms with van der Waals surface area (Å²) < 4.78 is 2.14. The van der Waals surface area contributed by atoms with Gasteiger partial charge >= 0.3 is 0 Å². The highest BCUT2D eigenvalue weighted by atomic mass is 15.3. The first-order valence-electron chi connectivity index (χ1n) is 7.88. The fourth-order valence-electron chi connectivity index (χ4n) is 3.37. The zero-order chi connectivity index (χ0) is 14.8. The highest BCUT2D eigenvalue weighted by Crippen LogP contribution is 2.27. The van der Waals surface area contributed by atoms with Gasteiger partial charge in [0, 0.05) is 29.5 Å². The normalized spacial score (nSPS) is 19.0. The molecule has 3 heterocycles. The SMILES string of the molecule is Cc1cc(C)n(CC(C)N2CCC(c3ccn[nH]3)CC2)n1. The van der Waals surface area contributed by atoms with E-state index in [1.807, 2.05) is 6.20 Å². The summed E-state index contributed by atoms with van der Waals surface area (Å²) in [6.07, 6.45) is 4.28. The van der Waals surface area contributed by atoms with Gasteiger partial charge in [-0.05, 0) is 58.8 Å². The number of piperidine rings is 1. The Hall–Kier alpha value is -1.62. The van der Waals surface area contributed by atoms with Crippen LogP contribution in [0.1, 0.15) is 42.8 Å². The van der Waals surface area contributed by atoms with Crippen molar-refractivity contribution in [1.82, 2.24) is 24.9 Å². The second-order valence-electron chi connectivity index (χ2n) is 6.28. The Kier molecular flexibility index (Phi) is 4.10. The minimum absolute atomic E-state index is 0.533. The Morgan fingerprint density at radius 3 is 2.67 bits per heavy atom. The van der Waals surface area contributed by atoms with E-state index in [9.17, 15) is 0 Å². The lowest BCUT2D eigenvalue weighted by Gasteiger charge is -2.35. The zero-order valence-electron chi connectivity index (χ0n) is 13.2. The van der Waals surface area contributed by atoms with Crippen molar-refractivity contribution in [3.8, 4) is 0 Å². The predicted molar refractivity (Wildman–Crippen MR) is 83.3 cm³/mol. The fraction of sp³-hybridized carbons (Fsp3) is 0.625. The molecule has 1 N–H and O–H groups in total.